The van der Waals surface area contributed by atoms with E-state index in [1.807, 2.05) is 6.08 Å². The van der Waals surface area contributed by atoms with Crippen LogP contribution in [0.5, 0.6) is 0 Å². The van der Waals surface area contributed by atoms with E-state index in [2.05, 4.69) is 13.8 Å². The molecule has 0 aromatic carbocycles. The van der Waals surface area contributed by atoms with E-state index in [4.69, 9.17) is 28.4 Å². The van der Waals surface area contributed by atoms with Gasteiger partial charge in [0, 0.05) is 12.5 Å². The lowest BCUT2D eigenvalue weighted by atomic mass is 9.98. The molecule has 2 rings (SSSR count). The number of ether oxygens (including phenoxy) is 6. The van der Waals surface area contributed by atoms with E-state index in [-0.39, 0.29) is 13.0 Å². The van der Waals surface area contributed by atoms with E-state index in [1.165, 1.54) is 128 Å². The molecule has 2 saturated heterocycles. The van der Waals surface area contributed by atoms with Gasteiger partial charge in [-0.25, -0.2) is 4.79 Å². The Morgan fingerprint density at radius 1 is 0.531 bits per heavy atom. The normalized spacial score (nSPS) is 26.8. The molecule has 2 fully saturated rings. The quantitative estimate of drug-likeness (QED) is 0.0154. The zero-order valence-corrected chi connectivity index (χ0v) is 39.3. The van der Waals surface area contributed by atoms with Crippen LogP contribution in [-0.2, 0) is 38.0 Å². The van der Waals surface area contributed by atoms with Crippen LogP contribution in [-0.4, -0.2) is 142 Å². The summed E-state index contributed by atoms with van der Waals surface area (Å²) >= 11 is 0. The summed E-state index contributed by atoms with van der Waals surface area (Å²) < 4.78 is 33.3. The molecule has 7 N–H and O–H groups in total. The Kier molecular flexibility index (Phi) is 33.6. The van der Waals surface area contributed by atoms with Gasteiger partial charge < -0.3 is 64.2 Å². The minimum absolute atomic E-state index is 0.150. The van der Waals surface area contributed by atoms with E-state index in [1.54, 1.807) is 12.2 Å². The van der Waals surface area contributed by atoms with Crippen LogP contribution in [0, 0.1) is 0 Å². The van der Waals surface area contributed by atoms with Crippen molar-refractivity contribution in [1.29, 1.82) is 0 Å². The predicted octanol–water partition coefficient (Wildman–Crippen LogP) is 6.38. The Hall–Kier alpha value is -2.02. The molecular weight excluding hydrogens is 829 g/mol. The lowest BCUT2D eigenvalue weighted by Gasteiger charge is -2.42. The first-order valence-electron chi connectivity index (χ1n) is 25.0. The third-order valence-electron chi connectivity index (χ3n) is 12.0. The first-order chi connectivity index (χ1) is 31.0. The van der Waals surface area contributed by atoms with E-state index in [0.29, 0.717) is 6.42 Å². The van der Waals surface area contributed by atoms with Crippen LogP contribution in [0.4, 0.5) is 0 Å². The highest BCUT2D eigenvalue weighted by Crippen LogP contribution is 2.26. The molecule has 0 saturated carbocycles. The zero-order chi connectivity index (χ0) is 46.8. The number of rotatable bonds is 38. The molecule has 2 heterocycles. The van der Waals surface area contributed by atoms with Gasteiger partial charge in [-0.05, 0) is 19.3 Å². The third kappa shape index (κ3) is 25.2. The van der Waals surface area contributed by atoms with E-state index in [0.717, 1.165) is 32.1 Å². The molecule has 15 heteroatoms. The number of esters is 2. The second kappa shape index (κ2) is 37.0. The average Bonchev–Trinajstić information content (AvgIpc) is 3.29. The molecule has 0 aromatic rings. The Balaban J connectivity index is 1.85. The molecule has 2 aliphatic rings. The predicted molar refractivity (Wildman–Crippen MR) is 243 cm³/mol. The van der Waals surface area contributed by atoms with Crippen molar-refractivity contribution in [1.82, 2.24) is 0 Å². The first-order valence-corrected chi connectivity index (χ1v) is 25.0. The maximum absolute atomic E-state index is 12.9. The van der Waals surface area contributed by atoms with Crippen molar-refractivity contribution in [3.63, 3.8) is 0 Å². The number of aliphatic hydroxyl groups is 7. The Morgan fingerprint density at radius 2 is 0.984 bits per heavy atom. The van der Waals surface area contributed by atoms with Gasteiger partial charge in [-0.1, -0.05) is 173 Å². The summed E-state index contributed by atoms with van der Waals surface area (Å²) in [6.07, 6.45) is 19.9. The smallest absolute Gasteiger partial charge is 0.330 e. The van der Waals surface area contributed by atoms with Crippen LogP contribution in [0.1, 0.15) is 181 Å². The maximum atomic E-state index is 12.9. The largest absolute Gasteiger partial charge is 0.458 e. The van der Waals surface area contributed by atoms with Crippen molar-refractivity contribution in [3.05, 3.63) is 24.3 Å². The second-order valence-corrected chi connectivity index (χ2v) is 17.7. The topological polar surface area (TPSA) is 231 Å². The lowest BCUT2D eigenvalue weighted by molar-refractivity contribution is -0.332. The van der Waals surface area contributed by atoms with Crippen molar-refractivity contribution < 1.29 is 73.8 Å². The highest BCUT2D eigenvalue weighted by atomic mass is 16.7. The van der Waals surface area contributed by atoms with E-state index >= 15 is 0 Å². The Morgan fingerprint density at radius 3 is 1.50 bits per heavy atom. The van der Waals surface area contributed by atoms with Gasteiger partial charge in [0.05, 0.1) is 19.8 Å². The van der Waals surface area contributed by atoms with Gasteiger partial charge in [-0.2, -0.15) is 0 Å². The van der Waals surface area contributed by atoms with Crippen LogP contribution in [0.15, 0.2) is 24.3 Å². The minimum atomic E-state index is -1.77. The monoisotopic (exact) mass is 917 g/mol. The molecule has 64 heavy (non-hydrogen) atoms. The average molecular weight is 917 g/mol. The summed E-state index contributed by atoms with van der Waals surface area (Å²) in [4.78, 5) is 25.6. The van der Waals surface area contributed by atoms with Gasteiger partial charge in [0.15, 0.2) is 18.7 Å². The first kappa shape index (κ1) is 58.1. The number of aliphatic hydroxyl groups excluding tert-OH is 7. The number of hydrogen-bond donors (Lipinski definition) is 7. The highest BCUT2D eigenvalue weighted by molar-refractivity contribution is 5.82. The standard InChI is InChI=1S/C49H88O15/c1-3-5-7-9-11-13-15-17-18-20-21-23-25-27-29-31-40(51)59-34-37(62-41(52)32-30-28-26-24-22-19-16-14-12-10-8-6-4-2)35-60-48-47(58)45(56)43(54)39(64-48)36-61-49-46(57)44(55)42(53)38(33-50)63-49/h25,27,29,31,37-39,42-50,53-58H,3-24,26,28,30,32-36H2,1-2H3/b27-25+,31-29+/t37-,38-,39-,42+,43+,44?,45?,46?,47?,48-,49-/m1/s1. The number of hydrogen-bond acceptors (Lipinski definition) is 15. The van der Waals surface area contributed by atoms with Crippen LogP contribution < -0.4 is 0 Å². The summed E-state index contributed by atoms with van der Waals surface area (Å²) in [5, 5.41) is 71.9. The van der Waals surface area contributed by atoms with Crippen molar-refractivity contribution in [2.75, 3.05) is 26.4 Å². The molecule has 11 atom stereocenters. The fraction of sp³-hybridized carbons (Fsp3) is 0.878. The van der Waals surface area contributed by atoms with Crippen LogP contribution in [0.3, 0.4) is 0 Å². The fourth-order valence-electron chi connectivity index (χ4n) is 7.90. The van der Waals surface area contributed by atoms with Gasteiger partial charge >= 0.3 is 11.9 Å². The van der Waals surface area contributed by atoms with Crippen molar-refractivity contribution in [2.45, 2.75) is 248 Å². The molecule has 4 unspecified atom stereocenters. The number of unbranched alkanes of at least 4 members (excludes halogenated alkanes) is 23. The van der Waals surface area contributed by atoms with E-state index in [9.17, 15) is 45.3 Å². The Labute approximate surface area is 383 Å². The molecular formula is C49H88O15. The van der Waals surface area contributed by atoms with Crippen LogP contribution >= 0.6 is 0 Å². The molecule has 0 aromatic heterocycles. The molecule has 0 radical (unpaired) electrons. The van der Waals surface area contributed by atoms with Gasteiger partial charge in [0.25, 0.3) is 0 Å². The maximum Gasteiger partial charge on any atom is 0.330 e. The van der Waals surface area contributed by atoms with Crippen LogP contribution in [0.2, 0.25) is 0 Å². The lowest BCUT2D eigenvalue weighted by Crippen LogP contribution is -2.61. The van der Waals surface area contributed by atoms with Gasteiger partial charge in [0.1, 0.15) is 55.4 Å². The highest BCUT2D eigenvalue weighted by Gasteiger charge is 2.47. The summed E-state index contributed by atoms with van der Waals surface area (Å²) in [6, 6.07) is 0. The fourth-order valence-corrected chi connectivity index (χ4v) is 7.90. The summed E-state index contributed by atoms with van der Waals surface area (Å²) in [5.41, 5.74) is 0. The molecule has 0 spiro atoms. The van der Waals surface area contributed by atoms with Crippen LogP contribution in [0.25, 0.3) is 0 Å². The molecule has 0 bridgehead atoms. The molecule has 0 aliphatic carbocycles. The van der Waals surface area contributed by atoms with E-state index < -0.39 is 99.3 Å². The molecule has 15 nitrogen and oxygen atoms in total. The molecule has 0 amide bonds. The SMILES string of the molecule is CCCCCCCCCCCCC/C=C/C=C/C(=O)OC[C@H](CO[C@@H]1O[C@H](CO[C@@H]2O[C@H](CO)[C@H](O)C(O)C2O)[C@H](O)C(O)C1O)OC(=O)CCCCCCCCCCCCCCC. The van der Waals surface area contributed by atoms with Crippen molar-refractivity contribution in [2.24, 2.45) is 0 Å². The zero-order valence-electron chi connectivity index (χ0n) is 39.3. The molecule has 2 aliphatic heterocycles. The number of carbonyl (C=O) groups excluding carboxylic acids is 2. The second-order valence-electron chi connectivity index (χ2n) is 17.7. The van der Waals surface area contributed by atoms with Gasteiger partial charge in [-0.3, -0.25) is 4.79 Å². The van der Waals surface area contributed by atoms with Crippen molar-refractivity contribution >= 4 is 11.9 Å². The molecule has 374 valence electrons. The third-order valence-corrected chi connectivity index (χ3v) is 12.0. The van der Waals surface area contributed by atoms with Gasteiger partial charge in [-0.15, -0.1) is 0 Å². The Bertz CT molecular complexity index is 1220. The minimum Gasteiger partial charge on any atom is -0.458 e. The summed E-state index contributed by atoms with van der Waals surface area (Å²) in [7, 11) is 0. The number of carbonyl (C=O) groups is 2. The van der Waals surface area contributed by atoms with Crippen molar-refractivity contribution in [3.8, 4) is 0 Å². The summed E-state index contributed by atoms with van der Waals surface area (Å²) in [6.45, 7) is 2.47. The summed E-state index contributed by atoms with van der Waals surface area (Å²) in [5.74, 6) is -1.17. The number of allylic oxidation sites excluding steroid dienone is 3. The van der Waals surface area contributed by atoms with Gasteiger partial charge in [0.2, 0.25) is 0 Å².